The molecule has 1 saturated heterocycles. The van der Waals surface area contributed by atoms with Gasteiger partial charge in [0.25, 0.3) is 11.7 Å². The molecule has 1 unspecified atom stereocenters. The first kappa shape index (κ1) is 25.0. The van der Waals surface area contributed by atoms with Crippen LogP contribution in [0.4, 0.5) is 5.69 Å². The summed E-state index contributed by atoms with van der Waals surface area (Å²) in [7, 11) is 1.92. The smallest absolute Gasteiger partial charge is 0.338 e. The zero-order valence-corrected chi connectivity index (χ0v) is 21.1. The van der Waals surface area contributed by atoms with Gasteiger partial charge >= 0.3 is 5.97 Å². The Balaban J connectivity index is 1.54. The third-order valence-electron chi connectivity index (χ3n) is 6.65. The standard InChI is InChI=1S/C29H27N3O6/c1-3-37-29(36)19-9-7-18(8-10-19)17-32-25(21-6-4-5-13-30-21)24(27(34)28(32)35)26(33)20-11-12-23-22(16-20)31(2)14-15-38-23/h4-13,16,25,33H,3,14-15,17H2,1-2H3/b26-24-. The van der Waals surface area contributed by atoms with E-state index in [4.69, 9.17) is 9.47 Å². The number of aliphatic hydroxyl groups excluding tert-OH is 1. The third-order valence-corrected chi connectivity index (χ3v) is 6.65. The Kier molecular flexibility index (Phi) is 6.83. The molecule has 1 atom stereocenters. The lowest BCUT2D eigenvalue weighted by Gasteiger charge is -2.28. The Hall–Kier alpha value is -4.66. The maximum Gasteiger partial charge on any atom is 0.338 e. The molecule has 0 spiro atoms. The fraction of sp³-hybridized carbons (Fsp3) is 0.241. The van der Waals surface area contributed by atoms with E-state index in [9.17, 15) is 19.5 Å². The van der Waals surface area contributed by atoms with Crippen molar-refractivity contribution in [1.82, 2.24) is 9.88 Å². The van der Waals surface area contributed by atoms with Gasteiger partial charge in [-0.15, -0.1) is 0 Å². The summed E-state index contributed by atoms with van der Waals surface area (Å²) < 4.78 is 10.7. The number of aliphatic hydroxyl groups is 1. The van der Waals surface area contributed by atoms with E-state index in [0.29, 0.717) is 41.3 Å². The number of hydrogen-bond acceptors (Lipinski definition) is 8. The van der Waals surface area contributed by atoms with Gasteiger partial charge in [-0.25, -0.2) is 4.79 Å². The summed E-state index contributed by atoms with van der Waals surface area (Å²) in [6.45, 7) is 3.32. The van der Waals surface area contributed by atoms with Gasteiger partial charge in [-0.1, -0.05) is 18.2 Å². The van der Waals surface area contributed by atoms with Crippen molar-refractivity contribution in [2.45, 2.75) is 19.5 Å². The number of hydrogen-bond donors (Lipinski definition) is 1. The van der Waals surface area contributed by atoms with Crippen LogP contribution in [0, 0.1) is 0 Å². The predicted octanol–water partition coefficient (Wildman–Crippen LogP) is 3.71. The number of likely N-dealkylation sites (N-methyl/N-ethyl adjacent to an activating group) is 1. The van der Waals surface area contributed by atoms with Crippen molar-refractivity contribution in [2.75, 3.05) is 31.7 Å². The number of esters is 1. The Morgan fingerprint density at radius 1 is 1.11 bits per heavy atom. The van der Waals surface area contributed by atoms with E-state index >= 15 is 0 Å². The van der Waals surface area contributed by atoms with Crippen molar-refractivity contribution >= 4 is 29.1 Å². The molecule has 1 aromatic heterocycles. The van der Waals surface area contributed by atoms with Crippen LogP contribution in [0.1, 0.15) is 40.1 Å². The highest BCUT2D eigenvalue weighted by Gasteiger charge is 2.46. The van der Waals surface area contributed by atoms with Gasteiger partial charge in [0, 0.05) is 25.4 Å². The molecular weight excluding hydrogens is 486 g/mol. The van der Waals surface area contributed by atoms with Crippen molar-refractivity contribution in [2.24, 2.45) is 0 Å². The number of fused-ring (bicyclic) bond motifs is 1. The minimum Gasteiger partial charge on any atom is -0.507 e. The van der Waals surface area contributed by atoms with Gasteiger partial charge in [0.2, 0.25) is 0 Å². The Morgan fingerprint density at radius 3 is 2.58 bits per heavy atom. The van der Waals surface area contributed by atoms with E-state index < -0.39 is 23.7 Å². The zero-order valence-electron chi connectivity index (χ0n) is 21.1. The monoisotopic (exact) mass is 513 g/mol. The average molecular weight is 514 g/mol. The number of ether oxygens (including phenoxy) is 2. The largest absolute Gasteiger partial charge is 0.507 e. The highest BCUT2D eigenvalue weighted by Crippen LogP contribution is 2.41. The van der Waals surface area contributed by atoms with Crippen LogP contribution in [0.15, 0.2) is 72.4 Å². The first-order valence-electron chi connectivity index (χ1n) is 12.3. The lowest BCUT2D eigenvalue weighted by molar-refractivity contribution is -0.140. The summed E-state index contributed by atoms with van der Waals surface area (Å²) in [4.78, 5) is 46.4. The number of anilines is 1. The SMILES string of the molecule is CCOC(=O)c1ccc(CN2C(=O)C(=O)/C(=C(\O)c3ccc4c(c3)N(C)CCO4)C2c2ccccn2)cc1. The van der Waals surface area contributed by atoms with Crippen LogP contribution < -0.4 is 9.64 Å². The van der Waals surface area contributed by atoms with Crippen molar-refractivity contribution in [3.8, 4) is 5.75 Å². The summed E-state index contributed by atoms with van der Waals surface area (Å²) in [5.74, 6) is -1.56. The molecular formula is C29H27N3O6. The summed E-state index contributed by atoms with van der Waals surface area (Å²) in [6, 6.07) is 16.1. The normalized spacial score (nSPS) is 18.2. The number of benzene rings is 2. The molecule has 2 aliphatic rings. The molecule has 0 radical (unpaired) electrons. The van der Waals surface area contributed by atoms with E-state index in [1.807, 2.05) is 11.9 Å². The molecule has 2 aliphatic heterocycles. The van der Waals surface area contributed by atoms with Crippen LogP contribution in [-0.4, -0.2) is 59.5 Å². The van der Waals surface area contributed by atoms with E-state index in [1.54, 1.807) is 73.8 Å². The Labute approximate surface area is 219 Å². The van der Waals surface area contributed by atoms with Gasteiger partial charge in [0.15, 0.2) is 0 Å². The number of nitrogens with zero attached hydrogens (tertiary/aromatic N) is 3. The average Bonchev–Trinajstić information content (AvgIpc) is 3.18. The van der Waals surface area contributed by atoms with Crippen molar-refractivity contribution in [1.29, 1.82) is 0 Å². The van der Waals surface area contributed by atoms with Crippen LogP contribution in [-0.2, 0) is 20.9 Å². The molecule has 194 valence electrons. The number of likely N-dealkylation sites (tertiary alicyclic amines) is 1. The van der Waals surface area contributed by atoms with Crippen LogP contribution in [0.5, 0.6) is 5.75 Å². The summed E-state index contributed by atoms with van der Waals surface area (Å²) in [5.41, 5.74) is 2.70. The topological polar surface area (TPSA) is 109 Å². The van der Waals surface area contributed by atoms with E-state index in [2.05, 4.69) is 4.98 Å². The lowest BCUT2D eigenvalue weighted by atomic mass is 9.97. The number of carbonyl (C=O) groups is 3. The molecule has 1 fully saturated rings. The van der Waals surface area contributed by atoms with Crippen molar-refractivity contribution in [3.05, 3.63) is 94.8 Å². The molecule has 5 rings (SSSR count). The molecule has 0 aliphatic carbocycles. The second kappa shape index (κ2) is 10.4. The maximum atomic E-state index is 13.3. The number of ketones is 1. The molecule has 2 aromatic carbocycles. The van der Waals surface area contributed by atoms with Gasteiger partial charge < -0.3 is 24.4 Å². The first-order valence-corrected chi connectivity index (χ1v) is 12.3. The lowest BCUT2D eigenvalue weighted by Crippen LogP contribution is -2.29. The van der Waals surface area contributed by atoms with Crippen LogP contribution in [0.25, 0.3) is 5.76 Å². The molecule has 9 heteroatoms. The number of aromatic nitrogens is 1. The third kappa shape index (κ3) is 4.58. The first-order chi connectivity index (χ1) is 18.4. The summed E-state index contributed by atoms with van der Waals surface area (Å²) in [5, 5.41) is 11.4. The zero-order chi connectivity index (χ0) is 26.8. The molecule has 3 heterocycles. The van der Waals surface area contributed by atoms with E-state index in [0.717, 1.165) is 5.69 Å². The Bertz CT molecular complexity index is 1420. The maximum absolute atomic E-state index is 13.3. The summed E-state index contributed by atoms with van der Waals surface area (Å²) in [6.07, 6.45) is 1.58. The van der Waals surface area contributed by atoms with Crippen LogP contribution >= 0.6 is 0 Å². The number of pyridine rings is 1. The van der Waals surface area contributed by atoms with Crippen molar-refractivity contribution < 1.29 is 29.0 Å². The summed E-state index contributed by atoms with van der Waals surface area (Å²) >= 11 is 0. The minimum atomic E-state index is -0.897. The quantitative estimate of drug-likeness (QED) is 0.230. The van der Waals surface area contributed by atoms with E-state index in [1.165, 1.54) is 4.90 Å². The Morgan fingerprint density at radius 2 is 1.87 bits per heavy atom. The second-order valence-corrected chi connectivity index (χ2v) is 9.05. The fourth-order valence-electron chi connectivity index (χ4n) is 4.70. The molecule has 3 aromatic rings. The fourth-order valence-corrected chi connectivity index (χ4v) is 4.70. The molecule has 1 amide bonds. The van der Waals surface area contributed by atoms with Gasteiger partial charge in [-0.2, -0.15) is 0 Å². The number of Topliss-reactive ketones (excluding diaryl/α,β-unsaturated/α-hetero) is 1. The predicted molar refractivity (Wildman–Crippen MR) is 140 cm³/mol. The van der Waals surface area contributed by atoms with Crippen molar-refractivity contribution in [3.63, 3.8) is 0 Å². The minimum absolute atomic E-state index is 0.0313. The van der Waals surface area contributed by atoms with Gasteiger partial charge in [-0.3, -0.25) is 14.6 Å². The number of carbonyl (C=O) groups excluding carboxylic acids is 3. The van der Waals surface area contributed by atoms with Crippen LogP contribution in [0.3, 0.4) is 0 Å². The molecule has 1 N–H and O–H groups in total. The number of rotatable bonds is 6. The van der Waals surface area contributed by atoms with Gasteiger partial charge in [-0.05, 0) is 55.0 Å². The number of amides is 1. The highest BCUT2D eigenvalue weighted by atomic mass is 16.5. The molecule has 0 bridgehead atoms. The van der Waals surface area contributed by atoms with Crippen LogP contribution in [0.2, 0.25) is 0 Å². The van der Waals surface area contributed by atoms with Gasteiger partial charge in [0.05, 0.1) is 35.7 Å². The molecule has 9 nitrogen and oxygen atoms in total. The second-order valence-electron chi connectivity index (χ2n) is 9.05. The molecule has 38 heavy (non-hydrogen) atoms. The molecule has 0 saturated carbocycles. The van der Waals surface area contributed by atoms with E-state index in [-0.39, 0.29) is 24.5 Å². The van der Waals surface area contributed by atoms with Gasteiger partial charge in [0.1, 0.15) is 24.2 Å². The highest BCUT2D eigenvalue weighted by molar-refractivity contribution is 6.46.